The minimum Gasteiger partial charge on any atom is -0.305 e. The van der Waals surface area contributed by atoms with Gasteiger partial charge in [0.15, 0.2) is 11.0 Å². The van der Waals surface area contributed by atoms with Crippen LogP contribution in [0.1, 0.15) is 5.56 Å². The van der Waals surface area contributed by atoms with Gasteiger partial charge in [0.25, 0.3) is 5.91 Å². The number of nitrogens with zero attached hydrogens (tertiary/aromatic N) is 5. The molecule has 1 N–H and O–H groups in total. The second-order valence-electron chi connectivity index (χ2n) is 5.24. The molecule has 0 aliphatic carbocycles. The van der Waals surface area contributed by atoms with Gasteiger partial charge in [-0.3, -0.25) is 9.78 Å². The van der Waals surface area contributed by atoms with Crippen LogP contribution in [0.2, 0.25) is 0 Å². The molecule has 0 aliphatic rings. The van der Waals surface area contributed by atoms with Crippen molar-refractivity contribution in [3.63, 3.8) is 0 Å². The van der Waals surface area contributed by atoms with Crippen LogP contribution >= 0.6 is 27.7 Å². The molecule has 0 fully saturated rings. The fourth-order valence-electron chi connectivity index (χ4n) is 2.11. The van der Waals surface area contributed by atoms with Gasteiger partial charge in [-0.25, -0.2) is 5.43 Å². The van der Waals surface area contributed by atoms with Crippen molar-refractivity contribution in [1.29, 1.82) is 0 Å². The molecule has 0 atom stereocenters. The van der Waals surface area contributed by atoms with E-state index in [0.717, 1.165) is 21.4 Å². The number of nitrogens with one attached hydrogen (secondary N) is 1. The SMILES string of the molecule is Cn1c(SCC(=O)N/N=C/c2ccncc2)nnc1-c1cccc(Br)c1. The van der Waals surface area contributed by atoms with Gasteiger partial charge in [-0.15, -0.1) is 10.2 Å². The lowest BCUT2D eigenvalue weighted by atomic mass is 10.2. The Kier molecular flexibility index (Phi) is 6.13. The molecule has 3 rings (SSSR count). The molecule has 1 amide bonds. The number of hydrazone groups is 1. The van der Waals surface area contributed by atoms with Gasteiger partial charge in [0, 0.05) is 29.5 Å². The van der Waals surface area contributed by atoms with E-state index in [2.05, 4.69) is 41.6 Å². The molecule has 2 heterocycles. The van der Waals surface area contributed by atoms with Gasteiger partial charge in [0.05, 0.1) is 12.0 Å². The predicted molar refractivity (Wildman–Crippen MR) is 105 cm³/mol. The lowest BCUT2D eigenvalue weighted by Crippen LogP contribution is -2.19. The molecule has 0 bridgehead atoms. The molecule has 132 valence electrons. The molecule has 26 heavy (non-hydrogen) atoms. The molecular formula is C17H15BrN6OS. The van der Waals surface area contributed by atoms with E-state index in [0.29, 0.717) is 5.16 Å². The molecule has 0 saturated heterocycles. The Labute approximate surface area is 163 Å². The summed E-state index contributed by atoms with van der Waals surface area (Å²) in [5.41, 5.74) is 4.30. The predicted octanol–water partition coefficient (Wildman–Crippen LogP) is 2.88. The van der Waals surface area contributed by atoms with Crippen molar-refractivity contribution in [2.75, 3.05) is 5.75 Å². The zero-order valence-electron chi connectivity index (χ0n) is 13.8. The lowest BCUT2D eigenvalue weighted by molar-refractivity contribution is -0.118. The van der Waals surface area contributed by atoms with Gasteiger partial charge < -0.3 is 4.57 Å². The molecule has 7 nitrogen and oxygen atoms in total. The van der Waals surface area contributed by atoms with Crippen LogP contribution in [0.4, 0.5) is 0 Å². The zero-order chi connectivity index (χ0) is 18.4. The maximum Gasteiger partial charge on any atom is 0.250 e. The average Bonchev–Trinajstić information content (AvgIpc) is 3.01. The maximum absolute atomic E-state index is 11.9. The first-order valence-electron chi connectivity index (χ1n) is 7.63. The number of benzene rings is 1. The fraction of sp³-hybridized carbons (Fsp3) is 0.118. The van der Waals surface area contributed by atoms with E-state index < -0.39 is 0 Å². The Morgan fingerprint density at radius 2 is 2.12 bits per heavy atom. The second-order valence-corrected chi connectivity index (χ2v) is 7.10. The number of pyridine rings is 1. The topological polar surface area (TPSA) is 85.1 Å². The maximum atomic E-state index is 11.9. The number of hydrogen-bond acceptors (Lipinski definition) is 6. The highest BCUT2D eigenvalue weighted by atomic mass is 79.9. The number of amides is 1. The van der Waals surface area contributed by atoms with E-state index in [-0.39, 0.29) is 11.7 Å². The normalized spacial score (nSPS) is 11.0. The Morgan fingerprint density at radius 3 is 2.88 bits per heavy atom. The standard InChI is InChI=1S/C17H15BrN6OS/c1-24-16(13-3-2-4-14(18)9-13)22-23-17(24)26-11-15(25)21-20-10-12-5-7-19-8-6-12/h2-10H,11H2,1H3,(H,21,25)/b20-10+. The summed E-state index contributed by atoms with van der Waals surface area (Å²) >= 11 is 4.75. The van der Waals surface area contributed by atoms with Crippen molar-refractivity contribution >= 4 is 39.8 Å². The van der Waals surface area contributed by atoms with Crippen molar-refractivity contribution in [2.45, 2.75) is 5.16 Å². The van der Waals surface area contributed by atoms with Crippen LogP contribution < -0.4 is 5.43 Å². The van der Waals surface area contributed by atoms with Gasteiger partial charge in [-0.2, -0.15) is 5.10 Å². The number of carbonyl (C=O) groups excluding carboxylic acids is 1. The largest absolute Gasteiger partial charge is 0.305 e. The van der Waals surface area contributed by atoms with Gasteiger partial charge in [-0.05, 0) is 29.8 Å². The number of halogens is 1. The van der Waals surface area contributed by atoms with Crippen LogP contribution in [0.5, 0.6) is 0 Å². The highest BCUT2D eigenvalue weighted by Crippen LogP contribution is 2.24. The monoisotopic (exact) mass is 430 g/mol. The summed E-state index contributed by atoms with van der Waals surface area (Å²) in [6, 6.07) is 11.4. The van der Waals surface area contributed by atoms with E-state index in [4.69, 9.17) is 0 Å². The molecular weight excluding hydrogens is 416 g/mol. The molecule has 0 spiro atoms. The number of carbonyl (C=O) groups is 1. The first-order valence-corrected chi connectivity index (χ1v) is 9.41. The summed E-state index contributed by atoms with van der Waals surface area (Å²) in [4.78, 5) is 15.8. The smallest absolute Gasteiger partial charge is 0.250 e. The Balaban J connectivity index is 1.56. The quantitative estimate of drug-likeness (QED) is 0.369. The first kappa shape index (κ1) is 18.3. The molecule has 3 aromatic rings. The van der Waals surface area contributed by atoms with Crippen molar-refractivity contribution < 1.29 is 4.79 Å². The number of thioether (sulfide) groups is 1. The average molecular weight is 431 g/mol. The van der Waals surface area contributed by atoms with E-state index in [1.807, 2.05) is 35.9 Å². The van der Waals surface area contributed by atoms with E-state index in [1.165, 1.54) is 11.8 Å². The van der Waals surface area contributed by atoms with E-state index in [1.54, 1.807) is 30.7 Å². The van der Waals surface area contributed by atoms with Crippen LogP contribution in [0.25, 0.3) is 11.4 Å². The highest BCUT2D eigenvalue weighted by molar-refractivity contribution is 9.10. The third kappa shape index (κ3) is 4.77. The summed E-state index contributed by atoms with van der Waals surface area (Å²) in [6.45, 7) is 0. The van der Waals surface area contributed by atoms with Gasteiger partial charge in [0.2, 0.25) is 0 Å². The summed E-state index contributed by atoms with van der Waals surface area (Å²) in [5.74, 6) is 0.718. The zero-order valence-corrected chi connectivity index (χ0v) is 16.2. The van der Waals surface area contributed by atoms with E-state index in [9.17, 15) is 4.79 Å². The summed E-state index contributed by atoms with van der Waals surface area (Å²) in [5, 5.41) is 13.0. The van der Waals surface area contributed by atoms with Gasteiger partial charge in [0.1, 0.15) is 0 Å². The number of hydrogen-bond donors (Lipinski definition) is 1. The van der Waals surface area contributed by atoms with Crippen LogP contribution in [0.15, 0.2) is 63.5 Å². The number of rotatable bonds is 6. The minimum absolute atomic E-state index is 0.193. The van der Waals surface area contributed by atoms with Crippen molar-refractivity contribution in [2.24, 2.45) is 12.1 Å². The Morgan fingerprint density at radius 1 is 1.31 bits per heavy atom. The van der Waals surface area contributed by atoms with Crippen molar-refractivity contribution in [1.82, 2.24) is 25.2 Å². The van der Waals surface area contributed by atoms with E-state index >= 15 is 0 Å². The van der Waals surface area contributed by atoms with Crippen LogP contribution in [-0.2, 0) is 11.8 Å². The van der Waals surface area contributed by atoms with Crippen LogP contribution in [0.3, 0.4) is 0 Å². The molecule has 0 saturated carbocycles. The molecule has 0 radical (unpaired) electrons. The molecule has 9 heteroatoms. The third-order valence-electron chi connectivity index (χ3n) is 3.36. The third-order valence-corrected chi connectivity index (χ3v) is 4.87. The molecule has 2 aromatic heterocycles. The Bertz CT molecular complexity index is 928. The Hall–Kier alpha value is -2.52. The summed E-state index contributed by atoms with van der Waals surface area (Å²) in [7, 11) is 1.87. The first-order chi connectivity index (χ1) is 12.6. The second kappa shape index (κ2) is 8.72. The van der Waals surface area contributed by atoms with Crippen LogP contribution in [-0.4, -0.2) is 37.6 Å². The highest BCUT2D eigenvalue weighted by Gasteiger charge is 2.12. The van der Waals surface area contributed by atoms with Gasteiger partial charge in [-0.1, -0.05) is 39.8 Å². The summed E-state index contributed by atoms with van der Waals surface area (Å²) < 4.78 is 2.83. The van der Waals surface area contributed by atoms with Gasteiger partial charge >= 0.3 is 0 Å². The molecule has 1 aromatic carbocycles. The lowest BCUT2D eigenvalue weighted by Gasteiger charge is -2.04. The summed E-state index contributed by atoms with van der Waals surface area (Å²) in [6.07, 6.45) is 4.89. The van der Waals surface area contributed by atoms with Crippen molar-refractivity contribution in [3.8, 4) is 11.4 Å². The number of aromatic nitrogens is 4. The molecule has 0 aliphatic heterocycles. The minimum atomic E-state index is -0.215. The fourth-order valence-corrected chi connectivity index (χ4v) is 3.21. The molecule has 0 unspecified atom stereocenters. The van der Waals surface area contributed by atoms with Crippen molar-refractivity contribution in [3.05, 3.63) is 58.8 Å². The van der Waals surface area contributed by atoms with Crippen LogP contribution in [0, 0.1) is 0 Å².